The van der Waals surface area contributed by atoms with E-state index in [0.717, 1.165) is 11.1 Å². The molecule has 0 atom stereocenters. The first-order valence-corrected chi connectivity index (χ1v) is 6.18. The van der Waals surface area contributed by atoms with Gasteiger partial charge in [-0.05, 0) is 60.9 Å². The Bertz CT molecular complexity index is 646. The number of aryl methyl sites for hydroxylation is 2. The lowest BCUT2D eigenvalue weighted by Crippen LogP contribution is -2.01. The third-order valence-electron chi connectivity index (χ3n) is 2.95. The molecule has 0 aliphatic rings. The molecule has 0 unspecified atom stereocenters. The van der Waals surface area contributed by atoms with Crippen LogP contribution in [0.1, 0.15) is 22.3 Å². The van der Waals surface area contributed by atoms with Crippen LogP contribution in [0.15, 0.2) is 30.3 Å². The predicted molar refractivity (Wildman–Crippen MR) is 75.8 cm³/mol. The van der Waals surface area contributed by atoms with E-state index in [1.807, 2.05) is 13.8 Å². The molecule has 2 aromatic carbocycles. The molecule has 0 amide bonds. The van der Waals surface area contributed by atoms with Crippen molar-refractivity contribution >= 4 is 5.69 Å². The van der Waals surface area contributed by atoms with Gasteiger partial charge in [-0.15, -0.1) is 0 Å². The molecule has 2 N–H and O–H groups in total. The number of rotatable bonds is 3. The maximum atomic E-state index is 13.2. The third kappa shape index (κ3) is 3.07. The Morgan fingerprint density at radius 3 is 2.35 bits per heavy atom. The van der Waals surface area contributed by atoms with Crippen LogP contribution in [-0.4, -0.2) is 0 Å². The van der Waals surface area contributed by atoms with Crippen molar-refractivity contribution < 1.29 is 9.13 Å². The third-order valence-corrected chi connectivity index (χ3v) is 2.95. The van der Waals surface area contributed by atoms with Crippen LogP contribution in [0.4, 0.5) is 10.1 Å². The van der Waals surface area contributed by atoms with Crippen LogP contribution >= 0.6 is 0 Å². The molecule has 0 aromatic heterocycles. The van der Waals surface area contributed by atoms with Gasteiger partial charge in [-0.2, -0.15) is 5.26 Å². The Hall–Kier alpha value is -2.54. The fraction of sp³-hybridized carbons (Fsp3) is 0.188. The fourth-order valence-corrected chi connectivity index (χ4v) is 2.16. The predicted octanol–water partition coefficient (Wildman–Crippen LogP) is 3.48. The summed E-state index contributed by atoms with van der Waals surface area (Å²) < 4.78 is 19.0. The molecule has 0 heterocycles. The zero-order valence-corrected chi connectivity index (χ0v) is 11.4. The zero-order valence-electron chi connectivity index (χ0n) is 11.4. The molecular weight excluding hydrogens is 255 g/mol. The van der Waals surface area contributed by atoms with Gasteiger partial charge in [-0.25, -0.2) is 4.39 Å². The zero-order chi connectivity index (χ0) is 14.7. The number of nitrogens with two attached hydrogens (primary N) is 1. The molecule has 0 radical (unpaired) electrons. The van der Waals surface area contributed by atoms with Gasteiger partial charge in [0.05, 0.1) is 11.6 Å². The van der Waals surface area contributed by atoms with E-state index in [2.05, 4.69) is 6.07 Å². The Kier molecular flexibility index (Phi) is 3.90. The van der Waals surface area contributed by atoms with Gasteiger partial charge in [-0.1, -0.05) is 0 Å². The quantitative estimate of drug-likeness (QED) is 0.869. The number of anilines is 1. The monoisotopic (exact) mass is 270 g/mol. The molecule has 3 nitrogen and oxygen atoms in total. The molecule has 2 rings (SSSR count). The van der Waals surface area contributed by atoms with Crippen LogP contribution in [0.5, 0.6) is 5.75 Å². The van der Waals surface area contributed by atoms with Crippen LogP contribution in [0, 0.1) is 31.0 Å². The number of ether oxygens (including phenoxy) is 1. The van der Waals surface area contributed by atoms with Crippen LogP contribution < -0.4 is 10.5 Å². The molecule has 0 saturated carbocycles. The van der Waals surface area contributed by atoms with Crippen molar-refractivity contribution in [2.75, 3.05) is 5.73 Å². The average molecular weight is 270 g/mol. The molecule has 0 saturated heterocycles. The maximum Gasteiger partial charge on any atom is 0.125 e. The molecular formula is C16H15FN2O. The molecule has 0 aliphatic heterocycles. The second-order valence-electron chi connectivity index (χ2n) is 4.73. The minimum atomic E-state index is -0.378. The number of hydrogen-bond donors (Lipinski definition) is 1. The van der Waals surface area contributed by atoms with E-state index in [1.54, 1.807) is 18.2 Å². The van der Waals surface area contributed by atoms with Crippen LogP contribution in [0.3, 0.4) is 0 Å². The minimum Gasteiger partial charge on any atom is -0.488 e. The van der Waals surface area contributed by atoms with Gasteiger partial charge in [0.1, 0.15) is 18.2 Å². The van der Waals surface area contributed by atoms with Gasteiger partial charge in [0.2, 0.25) is 0 Å². The van der Waals surface area contributed by atoms with Gasteiger partial charge >= 0.3 is 0 Å². The molecule has 102 valence electrons. The first-order chi connectivity index (χ1) is 9.49. The molecule has 0 spiro atoms. The summed E-state index contributed by atoms with van der Waals surface area (Å²) in [5.74, 6) is 0.337. The van der Waals surface area contributed by atoms with Crippen LogP contribution in [-0.2, 0) is 6.61 Å². The molecule has 0 aliphatic carbocycles. The fourth-order valence-electron chi connectivity index (χ4n) is 2.16. The summed E-state index contributed by atoms with van der Waals surface area (Å²) in [4.78, 5) is 0. The first kappa shape index (κ1) is 13.9. The van der Waals surface area contributed by atoms with E-state index in [9.17, 15) is 4.39 Å². The number of benzene rings is 2. The Morgan fingerprint density at radius 2 is 1.80 bits per heavy atom. The Labute approximate surface area is 117 Å². The highest BCUT2D eigenvalue weighted by atomic mass is 19.1. The number of nitrogens with zero attached hydrogens (tertiary/aromatic N) is 1. The van der Waals surface area contributed by atoms with Gasteiger partial charge in [0.15, 0.2) is 0 Å². The molecule has 0 fully saturated rings. The van der Waals surface area contributed by atoms with E-state index < -0.39 is 0 Å². The van der Waals surface area contributed by atoms with Crippen molar-refractivity contribution in [1.29, 1.82) is 5.26 Å². The highest BCUT2D eigenvalue weighted by molar-refractivity contribution is 5.47. The summed E-state index contributed by atoms with van der Waals surface area (Å²) in [5, 5.41) is 8.90. The summed E-state index contributed by atoms with van der Waals surface area (Å²) in [6.45, 7) is 3.99. The highest BCUT2D eigenvalue weighted by Gasteiger charge is 2.07. The summed E-state index contributed by atoms with van der Waals surface area (Å²) in [6.07, 6.45) is 0. The maximum absolute atomic E-state index is 13.2. The molecule has 0 bridgehead atoms. The standard InChI is InChI=1S/C16H15FN2O/c1-10-3-12(8-18)4-11(2)16(10)20-9-13-5-14(17)7-15(19)6-13/h3-7H,9,19H2,1-2H3. The number of nitriles is 1. The van der Waals surface area contributed by atoms with Crippen LogP contribution in [0.2, 0.25) is 0 Å². The van der Waals surface area contributed by atoms with E-state index in [-0.39, 0.29) is 12.4 Å². The second-order valence-corrected chi connectivity index (χ2v) is 4.73. The summed E-state index contributed by atoms with van der Waals surface area (Å²) >= 11 is 0. The Morgan fingerprint density at radius 1 is 1.15 bits per heavy atom. The largest absolute Gasteiger partial charge is 0.488 e. The topological polar surface area (TPSA) is 59.0 Å². The summed E-state index contributed by atoms with van der Waals surface area (Å²) in [6, 6.07) is 9.97. The molecule has 4 heteroatoms. The molecule has 20 heavy (non-hydrogen) atoms. The summed E-state index contributed by atoms with van der Waals surface area (Å²) in [7, 11) is 0. The van der Waals surface area contributed by atoms with Crippen molar-refractivity contribution in [2.24, 2.45) is 0 Å². The average Bonchev–Trinajstić information content (AvgIpc) is 2.36. The van der Waals surface area contributed by atoms with Crippen molar-refractivity contribution in [3.8, 4) is 11.8 Å². The van der Waals surface area contributed by atoms with Gasteiger partial charge < -0.3 is 10.5 Å². The van der Waals surface area contributed by atoms with Crippen molar-refractivity contribution in [2.45, 2.75) is 20.5 Å². The number of hydrogen-bond acceptors (Lipinski definition) is 3. The van der Waals surface area contributed by atoms with E-state index in [1.165, 1.54) is 12.1 Å². The Balaban J connectivity index is 2.21. The van der Waals surface area contributed by atoms with E-state index in [4.69, 9.17) is 15.7 Å². The van der Waals surface area contributed by atoms with Gasteiger partial charge in [0, 0.05) is 5.69 Å². The van der Waals surface area contributed by atoms with Gasteiger partial charge in [0.25, 0.3) is 0 Å². The van der Waals surface area contributed by atoms with E-state index in [0.29, 0.717) is 22.6 Å². The van der Waals surface area contributed by atoms with E-state index >= 15 is 0 Å². The molecule has 2 aromatic rings. The summed E-state index contributed by atoms with van der Waals surface area (Å²) in [5.41, 5.74) is 9.00. The SMILES string of the molecule is Cc1cc(C#N)cc(C)c1OCc1cc(N)cc(F)c1. The number of halogens is 1. The van der Waals surface area contributed by atoms with Crippen molar-refractivity contribution in [3.63, 3.8) is 0 Å². The van der Waals surface area contributed by atoms with Crippen molar-refractivity contribution in [3.05, 3.63) is 58.4 Å². The van der Waals surface area contributed by atoms with Crippen LogP contribution in [0.25, 0.3) is 0 Å². The lowest BCUT2D eigenvalue weighted by atomic mass is 10.1. The second kappa shape index (κ2) is 5.62. The lowest BCUT2D eigenvalue weighted by molar-refractivity contribution is 0.301. The lowest BCUT2D eigenvalue weighted by Gasteiger charge is -2.13. The first-order valence-electron chi connectivity index (χ1n) is 6.18. The number of nitrogen functional groups attached to an aromatic ring is 1. The highest BCUT2D eigenvalue weighted by Crippen LogP contribution is 2.25. The van der Waals surface area contributed by atoms with Gasteiger partial charge in [-0.3, -0.25) is 0 Å². The smallest absolute Gasteiger partial charge is 0.125 e. The minimum absolute atomic E-state index is 0.232. The normalized spacial score (nSPS) is 10.1. The van der Waals surface area contributed by atoms with Crippen molar-refractivity contribution in [1.82, 2.24) is 0 Å².